The Balaban J connectivity index is 1.43. The van der Waals surface area contributed by atoms with Crippen molar-refractivity contribution in [2.75, 3.05) is 32.7 Å². The van der Waals surface area contributed by atoms with Gasteiger partial charge in [0.15, 0.2) is 0 Å². The number of hydrogen-bond acceptors (Lipinski definition) is 7. The van der Waals surface area contributed by atoms with Gasteiger partial charge in [-0.15, -0.1) is 0 Å². The Morgan fingerprint density at radius 1 is 1.11 bits per heavy atom. The lowest BCUT2D eigenvalue weighted by atomic mass is 9.49. The number of halogens is 1. The summed E-state index contributed by atoms with van der Waals surface area (Å²) in [5.74, 6) is 0.473. The van der Waals surface area contributed by atoms with Gasteiger partial charge in [-0.25, -0.2) is 4.79 Å². The third kappa shape index (κ3) is 9.59. The number of aliphatic imine (C=N–C) groups is 1. The SMILES string of the molecule is C=N/C(=C\C=C(/C)C(=O)N[C@H]1C(C)(C)[C@H](Oc2ccc(C#N)c(Cl)c2)C1(C)C)CCCCCN1CCN(C(=O)OC(C)(C)C)CC1. The minimum atomic E-state index is -0.473. The van der Waals surface area contributed by atoms with Crippen LogP contribution in [0.2, 0.25) is 5.02 Å². The van der Waals surface area contributed by atoms with Gasteiger partial charge in [0.05, 0.1) is 10.6 Å². The summed E-state index contributed by atoms with van der Waals surface area (Å²) < 4.78 is 11.8. The first-order chi connectivity index (χ1) is 21.5. The minimum absolute atomic E-state index is 0.115. The summed E-state index contributed by atoms with van der Waals surface area (Å²) in [4.78, 5) is 33.8. The van der Waals surface area contributed by atoms with Gasteiger partial charge in [0.1, 0.15) is 23.5 Å². The second-order valence-corrected chi connectivity index (χ2v) is 15.0. The fourth-order valence-electron chi connectivity index (χ4n) is 6.65. The Hall–Kier alpha value is -3.35. The highest BCUT2D eigenvalue weighted by atomic mass is 35.5. The second-order valence-electron chi connectivity index (χ2n) is 14.6. The summed E-state index contributed by atoms with van der Waals surface area (Å²) in [6, 6.07) is 7.02. The largest absolute Gasteiger partial charge is 0.489 e. The summed E-state index contributed by atoms with van der Waals surface area (Å²) >= 11 is 6.21. The van der Waals surface area contributed by atoms with Crippen LogP contribution in [0, 0.1) is 22.2 Å². The van der Waals surface area contributed by atoms with Crippen molar-refractivity contribution in [1.82, 2.24) is 15.1 Å². The van der Waals surface area contributed by atoms with Crippen molar-refractivity contribution < 1.29 is 19.1 Å². The van der Waals surface area contributed by atoms with Crippen molar-refractivity contribution in [2.24, 2.45) is 15.8 Å². The highest BCUT2D eigenvalue weighted by Crippen LogP contribution is 2.55. The lowest BCUT2D eigenvalue weighted by Gasteiger charge is -2.63. The summed E-state index contributed by atoms with van der Waals surface area (Å²) in [6.45, 7) is 23.7. The molecule has 1 aromatic rings. The maximum Gasteiger partial charge on any atom is 0.410 e. The van der Waals surface area contributed by atoms with Gasteiger partial charge in [-0.3, -0.25) is 14.7 Å². The molecule has 2 aliphatic rings. The van der Waals surface area contributed by atoms with Crippen LogP contribution in [0.5, 0.6) is 5.75 Å². The zero-order chi connectivity index (χ0) is 34.3. The van der Waals surface area contributed by atoms with Crippen LogP contribution in [0.4, 0.5) is 4.79 Å². The lowest BCUT2D eigenvalue weighted by Crippen LogP contribution is -2.74. The fraction of sp³-hybridized carbons (Fsp3) is 0.611. The van der Waals surface area contributed by atoms with E-state index in [1.165, 1.54) is 0 Å². The molecule has 1 saturated heterocycles. The molecule has 0 bridgehead atoms. The van der Waals surface area contributed by atoms with E-state index in [-0.39, 0.29) is 35.0 Å². The molecule has 1 aliphatic heterocycles. The molecule has 1 N–H and O–H groups in total. The van der Waals surface area contributed by atoms with Crippen molar-refractivity contribution in [1.29, 1.82) is 5.26 Å². The number of carbonyl (C=O) groups excluding carboxylic acids is 2. The van der Waals surface area contributed by atoms with Crippen LogP contribution >= 0.6 is 11.6 Å². The molecule has 1 aliphatic carbocycles. The van der Waals surface area contributed by atoms with Crippen LogP contribution in [0.1, 0.15) is 86.6 Å². The number of benzene rings is 1. The summed E-state index contributed by atoms with van der Waals surface area (Å²) in [5, 5.41) is 12.7. The number of rotatable bonds is 12. The van der Waals surface area contributed by atoms with Gasteiger partial charge in [-0.2, -0.15) is 5.26 Å². The molecule has 1 aromatic carbocycles. The molecule has 1 heterocycles. The molecule has 0 radical (unpaired) electrons. The summed E-state index contributed by atoms with van der Waals surface area (Å²) in [5.41, 5.74) is 0.711. The normalized spacial score (nSPS) is 21.5. The van der Waals surface area contributed by atoms with E-state index in [1.54, 1.807) is 30.0 Å². The molecule has 3 rings (SSSR count). The molecule has 0 aromatic heterocycles. The molecule has 252 valence electrons. The zero-order valence-corrected chi connectivity index (χ0v) is 29.7. The Morgan fingerprint density at radius 2 is 1.76 bits per heavy atom. The Bertz CT molecular complexity index is 1350. The molecular weight excluding hydrogens is 602 g/mol. The van der Waals surface area contributed by atoms with Crippen LogP contribution in [0.25, 0.3) is 0 Å². The molecule has 2 amide bonds. The van der Waals surface area contributed by atoms with Gasteiger partial charge in [-0.1, -0.05) is 51.8 Å². The second kappa shape index (κ2) is 15.5. The predicted molar refractivity (Wildman–Crippen MR) is 184 cm³/mol. The number of carbonyl (C=O) groups is 2. The molecule has 46 heavy (non-hydrogen) atoms. The zero-order valence-electron chi connectivity index (χ0n) is 28.9. The van der Waals surface area contributed by atoms with Crippen molar-refractivity contribution in [3.63, 3.8) is 0 Å². The molecule has 0 spiro atoms. The Kier molecular flexibility index (Phi) is 12.5. The van der Waals surface area contributed by atoms with Crippen LogP contribution < -0.4 is 10.1 Å². The van der Waals surface area contributed by atoms with Gasteiger partial charge in [0, 0.05) is 60.4 Å². The third-order valence-electron chi connectivity index (χ3n) is 8.95. The Labute approximate surface area is 280 Å². The average Bonchev–Trinajstić information content (AvgIpc) is 2.98. The van der Waals surface area contributed by atoms with Crippen LogP contribution in [0.3, 0.4) is 0 Å². The average molecular weight is 654 g/mol. The number of ether oxygens (including phenoxy) is 2. The quantitative estimate of drug-likeness (QED) is 0.111. The maximum absolute atomic E-state index is 13.2. The van der Waals surface area contributed by atoms with Crippen molar-refractivity contribution in [3.05, 3.63) is 52.2 Å². The van der Waals surface area contributed by atoms with Crippen molar-refractivity contribution in [3.8, 4) is 11.8 Å². The monoisotopic (exact) mass is 653 g/mol. The molecular formula is C36H52ClN5O4. The highest BCUT2D eigenvalue weighted by molar-refractivity contribution is 6.31. The predicted octanol–water partition coefficient (Wildman–Crippen LogP) is 7.15. The number of nitriles is 1. The number of unbranched alkanes of at least 4 members (excludes halogenated alkanes) is 2. The van der Waals surface area contributed by atoms with E-state index in [4.69, 9.17) is 26.3 Å². The number of nitrogens with zero attached hydrogens (tertiary/aromatic N) is 4. The van der Waals surface area contributed by atoms with E-state index >= 15 is 0 Å². The highest BCUT2D eigenvalue weighted by Gasteiger charge is 2.64. The summed E-state index contributed by atoms with van der Waals surface area (Å²) in [7, 11) is 0. The van der Waals surface area contributed by atoms with Crippen LogP contribution in [0.15, 0.2) is 46.6 Å². The van der Waals surface area contributed by atoms with E-state index in [0.29, 0.717) is 35.0 Å². The van der Waals surface area contributed by atoms with E-state index in [2.05, 4.69) is 55.7 Å². The lowest BCUT2D eigenvalue weighted by molar-refractivity contribution is -0.172. The molecule has 2 fully saturated rings. The number of amides is 2. The van der Waals surface area contributed by atoms with E-state index in [1.807, 2.05) is 32.9 Å². The van der Waals surface area contributed by atoms with E-state index in [9.17, 15) is 9.59 Å². The molecule has 9 nitrogen and oxygen atoms in total. The summed E-state index contributed by atoms with van der Waals surface area (Å²) in [6.07, 6.45) is 7.21. The van der Waals surface area contributed by atoms with Gasteiger partial charge < -0.3 is 19.7 Å². The molecule has 0 unspecified atom stereocenters. The number of allylic oxidation sites excluding steroid dienone is 3. The molecule has 1 saturated carbocycles. The van der Waals surface area contributed by atoms with Crippen molar-refractivity contribution >= 4 is 30.3 Å². The van der Waals surface area contributed by atoms with Gasteiger partial charge in [-0.05, 0) is 78.4 Å². The minimum Gasteiger partial charge on any atom is -0.489 e. The smallest absolute Gasteiger partial charge is 0.410 e. The fourth-order valence-corrected chi connectivity index (χ4v) is 6.86. The van der Waals surface area contributed by atoms with E-state index in [0.717, 1.165) is 51.0 Å². The van der Waals surface area contributed by atoms with Gasteiger partial charge in [0.2, 0.25) is 5.91 Å². The van der Waals surface area contributed by atoms with Gasteiger partial charge in [0.25, 0.3) is 0 Å². The standard InChI is InChI=1S/C36H52ClN5O4/c1-25(30(43)40-31-35(5,6)32(36(31,7)8)45-28-17-15-26(24-38)29(37)23-28)14-16-27(39-9)13-11-10-12-18-41-19-21-42(22-20-41)33(44)46-34(2,3)4/h14-17,23,31-32H,9-13,18-22H2,1-8H3,(H,40,43)/b25-14+,27-16-/t31-,32-. The maximum atomic E-state index is 13.2. The Morgan fingerprint density at radius 3 is 2.33 bits per heavy atom. The molecule has 0 atom stereocenters. The number of hydrogen-bond donors (Lipinski definition) is 1. The van der Waals surface area contributed by atoms with Gasteiger partial charge >= 0.3 is 6.09 Å². The first kappa shape index (κ1) is 37.1. The first-order valence-electron chi connectivity index (χ1n) is 16.2. The van der Waals surface area contributed by atoms with E-state index < -0.39 is 5.60 Å². The van der Waals surface area contributed by atoms with Crippen LogP contribution in [-0.2, 0) is 9.53 Å². The van der Waals surface area contributed by atoms with Crippen molar-refractivity contribution in [2.45, 2.75) is 98.8 Å². The molecule has 10 heteroatoms. The third-order valence-corrected chi connectivity index (χ3v) is 9.26. The van der Waals surface area contributed by atoms with Crippen LogP contribution in [-0.4, -0.2) is 79.0 Å². The topological polar surface area (TPSA) is 107 Å². The number of piperazine rings is 1. The number of nitrogens with one attached hydrogen (secondary N) is 1. The first-order valence-corrected chi connectivity index (χ1v) is 16.6.